The average molecular weight is 324 g/mol. The van der Waals surface area contributed by atoms with Gasteiger partial charge in [0.15, 0.2) is 0 Å². The first-order chi connectivity index (χ1) is 11.6. The van der Waals surface area contributed by atoms with Crippen LogP contribution in [0.5, 0.6) is 0 Å². The van der Waals surface area contributed by atoms with Gasteiger partial charge in [-0.15, -0.1) is 0 Å². The Bertz CT molecular complexity index is 717. The normalized spacial score (nSPS) is 17.6. The van der Waals surface area contributed by atoms with Crippen LogP contribution in [0.25, 0.3) is 0 Å². The number of anilines is 2. The topological polar surface area (TPSA) is 49.3 Å². The highest BCUT2D eigenvalue weighted by atomic mass is 16.2. The smallest absolute Gasteiger partial charge is 0.231 e. The zero-order chi connectivity index (χ0) is 17.1. The van der Waals surface area contributed by atoms with Crippen molar-refractivity contribution in [3.8, 4) is 0 Å². The van der Waals surface area contributed by atoms with Gasteiger partial charge >= 0.3 is 0 Å². The lowest BCUT2D eigenvalue weighted by Crippen LogP contribution is -2.44. The average Bonchev–Trinajstić information content (AvgIpc) is 2.63. The van der Waals surface area contributed by atoms with Crippen molar-refractivity contribution >= 4 is 17.5 Å². The standard InChI is InChI=1S/C19H24N4O/c1-14-7-4-9-17(15(14)2)22(3)18(24)16-8-5-12-23(13-16)19-20-10-6-11-21-19/h4,6-7,9-11,16H,5,8,12-13H2,1-3H3/t16-/m1/s1. The van der Waals surface area contributed by atoms with Crippen LogP contribution >= 0.6 is 0 Å². The number of amides is 1. The molecule has 5 heteroatoms. The summed E-state index contributed by atoms with van der Waals surface area (Å²) < 4.78 is 0. The highest BCUT2D eigenvalue weighted by Crippen LogP contribution is 2.26. The molecule has 1 aromatic heterocycles. The fourth-order valence-electron chi connectivity index (χ4n) is 3.31. The molecule has 1 aliphatic heterocycles. The van der Waals surface area contributed by atoms with Crippen molar-refractivity contribution in [2.24, 2.45) is 5.92 Å². The summed E-state index contributed by atoms with van der Waals surface area (Å²) in [6, 6.07) is 7.91. The second kappa shape index (κ2) is 6.99. The molecule has 0 saturated carbocycles. The fourth-order valence-corrected chi connectivity index (χ4v) is 3.31. The van der Waals surface area contributed by atoms with Gasteiger partial charge in [-0.05, 0) is 49.9 Å². The molecule has 3 rings (SSSR count). The summed E-state index contributed by atoms with van der Waals surface area (Å²) >= 11 is 0. The molecule has 1 fully saturated rings. The van der Waals surface area contributed by atoms with Crippen LogP contribution in [0.1, 0.15) is 24.0 Å². The number of rotatable bonds is 3. The van der Waals surface area contributed by atoms with E-state index in [2.05, 4.69) is 34.8 Å². The van der Waals surface area contributed by atoms with E-state index in [0.29, 0.717) is 12.5 Å². The molecule has 0 aliphatic carbocycles. The van der Waals surface area contributed by atoms with Crippen molar-refractivity contribution in [3.05, 3.63) is 47.8 Å². The van der Waals surface area contributed by atoms with E-state index in [-0.39, 0.29) is 11.8 Å². The van der Waals surface area contributed by atoms with Crippen LogP contribution < -0.4 is 9.80 Å². The lowest BCUT2D eigenvalue weighted by Gasteiger charge is -2.34. The van der Waals surface area contributed by atoms with Crippen LogP contribution in [0.15, 0.2) is 36.7 Å². The van der Waals surface area contributed by atoms with Gasteiger partial charge in [0.05, 0.1) is 5.92 Å². The first-order valence-electron chi connectivity index (χ1n) is 8.43. The van der Waals surface area contributed by atoms with E-state index in [4.69, 9.17) is 0 Å². The van der Waals surface area contributed by atoms with E-state index in [1.165, 1.54) is 5.56 Å². The highest BCUT2D eigenvalue weighted by molar-refractivity contribution is 5.95. The second-order valence-electron chi connectivity index (χ2n) is 6.45. The first-order valence-corrected chi connectivity index (χ1v) is 8.43. The van der Waals surface area contributed by atoms with Gasteiger partial charge < -0.3 is 9.80 Å². The molecule has 1 saturated heterocycles. The Morgan fingerprint density at radius 1 is 1.21 bits per heavy atom. The Balaban J connectivity index is 1.76. The zero-order valence-corrected chi connectivity index (χ0v) is 14.6. The summed E-state index contributed by atoms with van der Waals surface area (Å²) in [5.74, 6) is 0.862. The van der Waals surface area contributed by atoms with Gasteiger partial charge in [-0.3, -0.25) is 4.79 Å². The van der Waals surface area contributed by atoms with Gasteiger partial charge in [-0.1, -0.05) is 12.1 Å². The molecular weight excluding hydrogens is 300 g/mol. The maximum Gasteiger partial charge on any atom is 0.231 e. The van der Waals surface area contributed by atoms with Crippen LogP contribution in [0.2, 0.25) is 0 Å². The molecule has 1 amide bonds. The number of carbonyl (C=O) groups is 1. The summed E-state index contributed by atoms with van der Waals surface area (Å²) in [5.41, 5.74) is 3.36. The summed E-state index contributed by atoms with van der Waals surface area (Å²) in [4.78, 5) is 25.5. The number of carbonyl (C=O) groups excluding carboxylic acids is 1. The fraction of sp³-hybridized carbons (Fsp3) is 0.421. The Morgan fingerprint density at radius 2 is 1.96 bits per heavy atom. The second-order valence-corrected chi connectivity index (χ2v) is 6.45. The number of benzene rings is 1. The summed E-state index contributed by atoms with van der Waals surface area (Å²) in [7, 11) is 1.88. The van der Waals surface area contributed by atoms with Crippen LogP contribution in [-0.4, -0.2) is 36.0 Å². The Kier molecular flexibility index (Phi) is 4.79. The molecule has 2 aromatic rings. The molecule has 0 unspecified atom stereocenters. The van der Waals surface area contributed by atoms with Crippen molar-refractivity contribution in [2.75, 3.05) is 29.9 Å². The van der Waals surface area contributed by atoms with Crippen LogP contribution in [0, 0.1) is 19.8 Å². The quantitative estimate of drug-likeness (QED) is 0.871. The number of hydrogen-bond donors (Lipinski definition) is 0. The van der Waals surface area contributed by atoms with Gasteiger partial charge in [0.1, 0.15) is 0 Å². The molecule has 5 nitrogen and oxygen atoms in total. The predicted molar refractivity (Wildman–Crippen MR) is 96.3 cm³/mol. The van der Waals surface area contributed by atoms with Crippen LogP contribution in [-0.2, 0) is 4.79 Å². The van der Waals surface area contributed by atoms with Crippen molar-refractivity contribution < 1.29 is 4.79 Å². The first kappa shape index (κ1) is 16.4. The van der Waals surface area contributed by atoms with Gasteiger partial charge in [0, 0.05) is 38.2 Å². The molecule has 0 radical (unpaired) electrons. The summed E-state index contributed by atoms with van der Waals surface area (Å²) in [6.07, 6.45) is 5.39. The van der Waals surface area contributed by atoms with Crippen molar-refractivity contribution in [3.63, 3.8) is 0 Å². The summed E-state index contributed by atoms with van der Waals surface area (Å²) in [6.45, 7) is 5.73. The predicted octanol–water partition coefficient (Wildman–Crippen LogP) is 2.97. The largest absolute Gasteiger partial charge is 0.340 e. The number of aromatic nitrogens is 2. The third-order valence-corrected chi connectivity index (χ3v) is 4.87. The Labute approximate surface area is 143 Å². The molecule has 1 atom stereocenters. The molecule has 0 spiro atoms. The van der Waals surface area contributed by atoms with Gasteiger partial charge in [0.25, 0.3) is 0 Å². The molecule has 0 N–H and O–H groups in total. The number of piperidine rings is 1. The van der Waals surface area contributed by atoms with E-state index in [1.807, 2.05) is 30.1 Å². The van der Waals surface area contributed by atoms with E-state index < -0.39 is 0 Å². The van der Waals surface area contributed by atoms with Gasteiger partial charge in [-0.2, -0.15) is 0 Å². The minimum absolute atomic E-state index is 0.0209. The third-order valence-electron chi connectivity index (χ3n) is 4.87. The van der Waals surface area contributed by atoms with Crippen LogP contribution in [0.4, 0.5) is 11.6 Å². The summed E-state index contributed by atoms with van der Waals surface area (Å²) in [5, 5.41) is 0. The molecular formula is C19H24N4O. The monoisotopic (exact) mass is 324 g/mol. The van der Waals surface area contributed by atoms with Gasteiger partial charge in [-0.25, -0.2) is 9.97 Å². The molecule has 126 valence electrons. The third kappa shape index (κ3) is 3.25. The SMILES string of the molecule is Cc1cccc(N(C)C(=O)[C@@H]2CCCN(c3ncccn3)C2)c1C. The number of aryl methyl sites for hydroxylation is 1. The van der Waals surface area contributed by atoms with E-state index in [9.17, 15) is 4.79 Å². The number of nitrogens with zero attached hydrogens (tertiary/aromatic N) is 4. The zero-order valence-electron chi connectivity index (χ0n) is 14.6. The maximum absolute atomic E-state index is 13.0. The molecule has 2 heterocycles. The molecule has 0 bridgehead atoms. The minimum Gasteiger partial charge on any atom is -0.340 e. The Morgan fingerprint density at radius 3 is 2.71 bits per heavy atom. The van der Waals surface area contributed by atoms with E-state index in [0.717, 1.165) is 30.6 Å². The minimum atomic E-state index is -0.0209. The Hall–Kier alpha value is -2.43. The highest BCUT2D eigenvalue weighted by Gasteiger charge is 2.30. The lowest BCUT2D eigenvalue weighted by molar-refractivity contribution is -0.122. The number of hydrogen-bond acceptors (Lipinski definition) is 4. The molecule has 1 aliphatic rings. The van der Waals surface area contributed by atoms with Crippen molar-refractivity contribution in [2.45, 2.75) is 26.7 Å². The maximum atomic E-state index is 13.0. The van der Waals surface area contributed by atoms with Crippen molar-refractivity contribution in [1.82, 2.24) is 9.97 Å². The lowest BCUT2D eigenvalue weighted by atomic mass is 9.96. The van der Waals surface area contributed by atoms with Crippen molar-refractivity contribution in [1.29, 1.82) is 0 Å². The van der Waals surface area contributed by atoms with E-state index >= 15 is 0 Å². The molecule has 24 heavy (non-hydrogen) atoms. The van der Waals surface area contributed by atoms with E-state index in [1.54, 1.807) is 12.4 Å². The molecule has 1 aromatic carbocycles. The van der Waals surface area contributed by atoms with Gasteiger partial charge in [0.2, 0.25) is 11.9 Å². The van der Waals surface area contributed by atoms with Crippen LogP contribution in [0.3, 0.4) is 0 Å².